The van der Waals surface area contributed by atoms with Crippen molar-refractivity contribution < 1.29 is 4.79 Å². The van der Waals surface area contributed by atoms with E-state index in [0.717, 1.165) is 11.1 Å². The maximum Gasteiger partial charge on any atom is 0.156 e. The van der Waals surface area contributed by atoms with Gasteiger partial charge in [0.05, 0.1) is 0 Å². The molecule has 0 aromatic heterocycles. The number of rotatable bonds is 3. The Hall–Kier alpha value is -0.890. The zero-order chi connectivity index (χ0) is 9.68. The van der Waals surface area contributed by atoms with Crippen LogP contribution in [-0.2, 0) is 4.79 Å². The lowest BCUT2D eigenvalue weighted by Gasteiger charge is -1.97. The van der Waals surface area contributed by atoms with E-state index in [1.807, 2.05) is 36.4 Å². The molecule has 0 saturated carbocycles. The summed E-state index contributed by atoms with van der Waals surface area (Å²) in [5, 5.41) is 0.608. The van der Waals surface area contributed by atoms with E-state index in [1.54, 1.807) is 6.92 Å². The van der Waals surface area contributed by atoms with Crippen molar-refractivity contribution in [3.8, 4) is 0 Å². The first-order valence-electron chi connectivity index (χ1n) is 4.06. The summed E-state index contributed by atoms with van der Waals surface area (Å²) in [5.41, 5.74) is 1.86. The fourth-order valence-corrected chi connectivity index (χ4v) is 1.54. The number of ketones is 1. The van der Waals surface area contributed by atoms with Gasteiger partial charge in [-0.15, -0.1) is 0 Å². The zero-order valence-corrected chi connectivity index (χ0v) is 9.04. The summed E-state index contributed by atoms with van der Waals surface area (Å²) in [6.07, 6.45) is 1.90. The molecule has 0 spiro atoms. The van der Waals surface area contributed by atoms with Crippen LogP contribution in [-0.4, -0.2) is 11.1 Å². The van der Waals surface area contributed by atoms with Crippen molar-refractivity contribution in [3.63, 3.8) is 0 Å². The SMILES string of the molecule is CC(=O)/C(=C\c1ccccc1)CBr. The zero-order valence-electron chi connectivity index (χ0n) is 7.46. The van der Waals surface area contributed by atoms with Gasteiger partial charge in [0, 0.05) is 10.9 Å². The number of alkyl halides is 1. The van der Waals surface area contributed by atoms with Crippen LogP contribution in [0.3, 0.4) is 0 Å². The monoisotopic (exact) mass is 238 g/mol. The number of carbonyl (C=O) groups excluding carboxylic acids is 1. The molecule has 0 saturated heterocycles. The molecule has 0 aliphatic heterocycles. The number of benzene rings is 1. The predicted octanol–water partition coefficient (Wildman–Crippen LogP) is 3.05. The van der Waals surface area contributed by atoms with E-state index in [1.165, 1.54) is 0 Å². The summed E-state index contributed by atoms with van der Waals surface area (Å²) < 4.78 is 0. The minimum Gasteiger partial charge on any atom is -0.295 e. The molecule has 13 heavy (non-hydrogen) atoms. The first kappa shape index (κ1) is 10.2. The molecule has 1 aromatic rings. The van der Waals surface area contributed by atoms with Gasteiger partial charge < -0.3 is 0 Å². The Morgan fingerprint density at radius 1 is 1.38 bits per heavy atom. The molecule has 0 heterocycles. The number of carbonyl (C=O) groups is 1. The second-order valence-electron chi connectivity index (χ2n) is 2.77. The highest BCUT2D eigenvalue weighted by Crippen LogP contribution is 2.09. The molecule has 0 fully saturated rings. The van der Waals surface area contributed by atoms with Crippen molar-refractivity contribution in [1.29, 1.82) is 0 Å². The molecule has 0 bridgehead atoms. The maximum atomic E-state index is 11.1. The first-order chi connectivity index (χ1) is 6.24. The topological polar surface area (TPSA) is 17.1 Å². The molecule has 0 atom stereocenters. The van der Waals surface area contributed by atoms with Crippen LogP contribution < -0.4 is 0 Å². The first-order valence-corrected chi connectivity index (χ1v) is 5.18. The van der Waals surface area contributed by atoms with Crippen molar-refractivity contribution in [2.45, 2.75) is 6.92 Å². The van der Waals surface area contributed by atoms with Gasteiger partial charge in [-0.25, -0.2) is 0 Å². The highest BCUT2D eigenvalue weighted by atomic mass is 79.9. The molecule has 0 N–H and O–H groups in total. The summed E-state index contributed by atoms with van der Waals surface area (Å²) in [6.45, 7) is 1.58. The van der Waals surface area contributed by atoms with Crippen molar-refractivity contribution in [1.82, 2.24) is 0 Å². The average Bonchev–Trinajstić information content (AvgIpc) is 2.15. The maximum absolute atomic E-state index is 11.1. The van der Waals surface area contributed by atoms with E-state index in [-0.39, 0.29) is 5.78 Å². The summed E-state index contributed by atoms with van der Waals surface area (Å²) in [5.74, 6) is 0.112. The fraction of sp³-hybridized carbons (Fsp3) is 0.182. The molecule has 2 heteroatoms. The molecular formula is C11H11BrO. The predicted molar refractivity (Wildman–Crippen MR) is 58.9 cm³/mol. The van der Waals surface area contributed by atoms with Gasteiger partial charge in [-0.2, -0.15) is 0 Å². The lowest BCUT2D eigenvalue weighted by molar-refractivity contribution is -0.113. The van der Waals surface area contributed by atoms with Crippen molar-refractivity contribution in [2.24, 2.45) is 0 Å². The van der Waals surface area contributed by atoms with Crippen LogP contribution in [0.4, 0.5) is 0 Å². The van der Waals surface area contributed by atoms with E-state index in [4.69, 9.17) is 0 Å². The lowest BCUT2D eigenvalue weighted by atomic mass is 10.1. The van der Waals surface area contributed by atoms with Gasteiger partial charge in [-0.1, -0.05) is 46.3 Å². The van der Waals surface area contributed by atoms with Gasteiger partial charge in [0.2, 0.25) is 0 Å². The Kier molecular flexibility index (Phi) is 3.90. The van der Waals surface area contributed by atoms with E-state index in [9.17, 15) is 4.79 Å². The lowest BCUT2D eigenvalue weighted by Crippen LogP contribution is -1.96. The highest BCUT2D eigenvalue weighted by molar-refractivity contribution is 9.09. The molecule has 0 aliphatic carbocycles. The van der Waals surface area contributed by atoms with Crippen molar-refractivity contribution >= 4 is 27.8 Å². The molecule has 0 unspecified atom stereocenters. The number of allylic oxidation sites excluding steroid dienone is 1. The third-order valence-electron chi connectivity index (χ3n) is 1.74. The molecule has 68 valence electrons. The van der Waals surface area contributed by atoms with Crippen LogP contribution in [0.25, 0.3) is 6.08 Å². The van der Waals surface area contributed by atoms with Crippen LogP contribution in [0.2, 0.25) is 0 Å². The summed E-state index contributed by atoms with van der Waals surface area (Å²) in [7, 11) is 0. The van der Waals surface area contributed by atoms with Crippen LogP contribution in [0.15, 0.2) is 35.9 Å². The van der Waals surface area contributed by atoms with E-state index < -0.39 is 0 Å². The Labute approximate surface area is 86.6 Å². The quantitative estimate of drug-likeness (QED) is 0.585. The van der Waals surface area contributed by atoms with Crippen LogP contribution in [0.5, 0.6) is 0 Å². The second-order valence-corrected chi connectivity index (χ2v) is 3.33. The molecule has 1 rings (SSSR count). The Morgan fingerprint density at radius 3 is 2.46 bits per heavy atom. The van der Waals surface area contributed by atoms with Gasteiger partial charge >= 0.3 is 0 Å². The Morgan fingerprint density at radius 2 is 2.00 bits per heavy atom. The summed E-state index contributed by atoms with van der Waals surface area (Å²) in [6, 6.07) is 9.83. The van der Waals surface area contributed by atoms with Gasteiger partial charge in [-0.3, -0.25) is 4.79 Å². The van der Waals surface area contributed by atoms with Gasteiger partial charge in [0.25, 0.3) is 0 Å². The van der Waals surface area contributed by atoms with Crippen LogP contribution in [0, 0.1) is 0 Å². The minimum absolute atomic E-state index is 0.112. The fourth-order valence-electron chi connectivity index (χ4n) is 0.985. The third kappa shape index (κ3) is 3.15. The normalized spacial score (nSPS) is 11.4. The summed E-state index contributed by atoms with van der Waals surface area (Å²) >= 11 is 3.28. The van der Waals surface area contributed by atoms with Gasteiger partial charge in [0.15, 0.2) is 5.78 Å². The van der Waals surface area contributed by atoms with Crippen LogP contribution >= 0.6 is 15.9 Å². The van der Waals surface area contributed by atoms with Gasteiger partial charge in [0.1, 0.15) is 0 Å². The standard InChI is InChI=1S/C11H11BrO/c1-9(13)11(8-12)7-10-5-3-2-4-6-10/h2-7H,8H2,1H3/b11-7-. The van der Waals surface area contributed by atoms with E-state index in [0.29, 0.717) is 5.33 Å². The Balaban J connectivity index is 2.92. The third-order valence-corrected chi connectivity index (χ3v) is 2.34. The summed E-state index contributed by atoms with van der Waals surface area (Å²) in [4.78, 5) is 11.1. The van der Waals surface area contributed by atoms with Crippen molar-refractivity contribution in [2.75, 3.05) is 5.33 Å². The van der Waals surface area contributed by atoms with Gasteiger partial charge in [-0.05, 0) is 18.6 Å². The molecular weight excluding hydrogens is 228 g/mol. The molecule has 0 aliphatic rings. The van der Waals surface area contributed by atoms with E-state index >= 15 is 0 Å². The van der Waals surface area contributed by atoms with E-state index in [2.05, 4.69) is 15.9 Å². The number of halogens is 1. The molecule has 0 amide bonds. The average molecular weight is 239 g/mol. The van der Waals surface area contributed by atoms with Crippen molar-refractivity contribution in [3.05, 3.63) is 41.5 Å². The molecule has 1 nitrogen and oxygen atoms in total. The smallest absolute Gasteiger partial charge is 0.156 e. The van der Waals surface area contributed by atoms with Crippen LogP contribution in [0.1, 0.15) is 12.5 Å². The largest absolute Gasteiger partial charge is 0.295 e. The second kappa shape index (κ2) is 4.97. The molecule has 1 aromatic carbocycles. The highest BCUT2D eigenvalue weighted by Gasteiger charge is 2.00. The Bertz CT molecular complexity index is 314. The molecule has 0 radical (unpaired) electrons. The number of hydrogen-bond donors (Lipinski definition) is 0. The number of Topliss-reactive ketones (excluding diaryl/α,β-unsaturated/α-hetero) is 1. The minimum atomic E-state index is 0.112. The number of hydrogen-bond acceptors (Lipinski definition) is 1.